The van der Waals surface area contributed by atoms with E-state index in [2.05, 4.69) is 32.6 Å². The lowest BCUT2D eigenvalue weighted by atomic mass is 9.80. The molecule has 10 nitrogen and oxygen atoms in total. The Kier molecular flexibility index (Phi) is 8.11. The van der Waals surface area contributed by atoms with Gasteiger partial charge in [-0.3, -0.25) is 10.3 Å². The van der Waals surface area contributed by atoms with Gasteiger partial charge in [-0.15, -0.1) is 0 Å². The fraction of sp³-hybridized carbons (Fsp3) is 1.00. The fourth-order valence-electron chi connectivity index (χ4n) is 6.11. The van der Waals surface area contributed by atoms with Crippen LogP contribution in [0.1, 0.15) is 32.6 Å². The predicted molar refractivity (Wildman–Crippen MR) is 125 cm³/mol. The van der Waals surface area contributed by atoms with Gasteiger partial charge in [0, 0.05) is 59.0 Å². The minimum atomic E-state index is -3.62. The summed E-state index contributed by atoms with van der Waals surface area (Å²) in [6.45, 7) is 6.88. The summed E-state index contributed by atoms with van der Waals surface area (Å²) in [4.78, 5) is 2.55. The number of rotatable bonds is 9. The van der Waals surface area contributed by atoms with Crippen LogP contribution in [0.2, 0.25) is 0 Å². The van der Waals surface area contributed by atoms with Gasteiger partial charge in [-0.05, 0) is 44.1 Å². The van der Waals surface area contributed by atoms with Gasteiger partial charge in [0.15, 0.2) is 0 Å². The lowest BCUT2D eigenvalue weighted by Crippen LogP contribution is -2.63. The highest BCUT2D eigenvalue weighted by Crippen LogP contribution is 2.33. The summed E-state index contributed by atoms with van der Waals surface area (Å²) in [5, 5.41) is 8.30. The lowest BCUT2D eigenvalue weighted by molar-refractivity contribution is 0.00327. The smallest absolute Gasteiger partial charge is 0.217 e. The molecule has 1 aliphatic carbocycles. The Hall–Kier alpha value is -0.370. The largest absolute Gasteiger partial charge is 0.380 e. The van der Waals surface area contributed by atoms with Crippen molar-refractivity contribution in [3.8, 4) is 0 Å². The molecule has 7 unspecified atom stereocenters. The van der Waals surface area contributed by atoms with Gasteiger partial charge in [0.1, 0.15) is 5.25 Å². The van der Waals surface area contributed by atoms with E-state index in [9.17, 15) is 8.42 Å². The second-order valence-corrected chi connectivity index (χ2v) is 12.3. The Balaban J connectivity index is 1.35. The summed E-state index contributed by atoms with van der Waals surface area (Å²) in [7, 11) is 0.0308. The van der Waals surface area contributed by atoms with Crippen LogP contribution >= 0.6 is 0 Å². The van der Waals surface area contributed by atoms with Crippen LogP contribution in [0.4, 0.5) is 0 Å². The van der Waals surface area contributed by atoms with Gasteiger partial charge in [-0.1, -0.05) is 6.92 Å². The van der Waals surface area contributed by atoms with Gasteiger partial charge in [0.05, 0.1) is 18.3 Å². The summed E-state index contributed by atoms with van der Waals surface area (Å²) in [5.41, 5.74) is 9.31. The van der Waals surface area contributed by atoms with Crippen molar-refractivity contribution in [3.05, 3.63) is 0 Å². The Labute approximate surface area is 193 Å². The number of nitrogens with one attached hydrogen (secondary N) is 4. The van der Waals surface area contributed by atoms with E-state index in [-0.39, 0.29) is 30.9 Å². The summed E-state index contributed by atoms with van der Waals surface area (Å²) >= 11 is 0. The van der Waals surface area contributed by atoms with Crippen LogP contribution < -0.4 is 26.5 Å². The van der Waals surface area contributed by atoms with E-state index in [1.54, 1.807) is 7.11 Å². The van der Waals surface area contributed by atoms with Gasteiger partial charge < -0.3 is 21.1 Å². The first kappa shape index (κ1) is 24.7. The number of nitrogens with zero attached hydrogens (tertiary/aromatic N) is 2. The van der Waals surface area contributed by atoms with Crippen molar-refractivity contribution in [2.24, 2.45) is 17.6 Å². The SMILES string of the molecule is COC1CCC2CNN(C)C2C1NS(=O)(=O)C(CN)CNC1CC(N2CC(C)C2)CCN1. The van der Waals surface area contributed by atoms with E-state index >= 15 is 0 Å². The Morgan fingerprint density at radius 1 is 1.25 bits per heavy atom. The Morgan fingerprint density at radius 2 is 2.03 bits per heavy atom. The zero-order chi connectivity index (χ0) is 22.9. The van der Waals surface area contributed by atoms with Crippen LogP contribution in [0.5, 0.6) is 0 Å². The number of piperidine rings is 1. The minimum absolute atomic E-state index is 0.0781. The normalized spacial score (nSPS) is 38.4. The maximum absolute atomic E-state index is 13.4. The molecule has 4 fully saturated rings. The quantitative estimate of drug-likeness (QED) is 0.271. The van der Waals surface area contributed by atoms with Crippen LogP contribution in [0.15, 0.2) is 0 Å². The summed E-state index contributed by atoms with van der Waals surface area (Å²) in [6.07, 6.45) is 4.00. The van der Waals surface area contributed by atoms with Crippen LogP contribution in [0, 0.1) is 11.8 Å². The summed E-state index contributed by atoms with van der Waals surface area (Å²) < 4.78 is 35.4. The molecule has 11 heteroatoms. The van der Waals surface area contributed by atoms with Crippen LogP contribution in [0.3, 0.4) is 0 Å². The number of methoxy groups -OCH3 is 1. The molecule has 32 heavy (non-hydrogen) atoms. The third-order valence-electron chi connectivity index (χ3n) is 8.01. The van der Waals surface area contributed by atoms with E-state index in [0.717, 1.165) is 44.7 Å². The molecule has 0 amide bonds. The molecule has 4 aliphatic rings. The van der Waals surface area contributed by atoms with Crippen molar-refractivity contribution in [2.45, 2.75) is 68.3 Å². The van der Waals surface area contributed by atoms with Crippen molar-refractivity contribution in [1.29, 1.82) is 0 Å². The average molecular weight is 474 g/mol. The molecule has 1 saturated carbocycles. The number of ether oxygens (including phenoxy) is 1. The van der Waals surface area contributed by atoms with E-state index in [0.29, 0.717) is 18.5 Å². The molecule has 0 spiro atoms. The van der Waals surface area contributed by atoms with Gasteiger partial charge >= 0.3 is 0 Å². The molecule has 4 rings (SSSR count). The average Bonchev–Trinajstić information content (AvgIpc) is 3.13. The van der Waals surface area contributed by atoms with Crippen molar-refractivity contribution in [1.82, 2.24) is 30.7 Å². The van der Waals surface area contributed by atoms with E-state index in [1.165, 1.54) is 13.1 Å². The first-order chi connectivity index (χ1) is 15.3. The van der Waals surface area contributed by atoms with Gasteiger partial charge in [0.25, 0.3) is 0 Å². The molecule has 3 heterocycles. The number of likely N-dealkylation sites (tertiary alicyclic amines) is 1. The molecule has 0 aromatic rings. The second-order valence-electron chi connectivity index (χ2n) is 10.3. The standard InChI is InChI=1S/C21H43N7O3S/c1-14-12-28(13-14)16-6-7-23-19(8-16)24-11-17(9-22)32(29,30)26-20-18(31-3)5-4-15-10-25-27(2)21(15)20/h14-21,23-26H,4-13,22H2,1-3H3. The van der Waals surface area contributed by atoms with Crippen LogP contribution in [-0.2, 0) is 14.8 Å². The molecule has 3 saturated heterocycles. The van der Waals surface area contributed by atoms with E-state index in [4.69, 9.17) is 10.5 Å². The van der Waals surface area contributed by atoms with Gasteiger partial charge in [-0.25, -0.2) is 18.1 Å². The number of fused-ring (bicyclic) bond motifs is 1. The molecule has 0 aromatic heterocycles. The summed E-state index contributed by atoms with van der Waals surface area (Å²) in [6, 6.07) is 0.362. The Morgan fingerprint density at radius 3 is 2.72 bits per heavy atom. The fourth-order valence-corrected chi connectivity index (χ4v) is 7.54. The first-order valence-electron chi connectivity index (χ1n) is 12.2. The third-order valence-corrected chi connectivity index (χ3v) is 9.84. The zero-order valence-corrected chi connectivity index (χ0v) is 20.6. The number of hydrogen-bond acceptors (Lipinski definition) is 9. The molecule has 186 valence electrons. The topological polar surface area (TPSA) is 124 Å². The molecule has 6 N–H and O–H groups in total. The maximum Gasteiger partial charge on any atom is 0.217 e. The molecular formula is C21H43N7O3S. The zero-order valence-electron chi connectivity index (χ0n) is 19.8. The number of hydrazine groups is 1. The molecule has 0 radical (unpaired) electrons. The molecular weight excluding hydrogens is 430 g/mol. The van der Waals surface area contributed by atoms with E-state index < -0.39 is 15.3 Å². The van der Waals surface area contributed by atoms with Crippen molar-refractivity contribution >= 4 is 10.0 Å². The lowest BCUT2D eigenvalue weighted by Gasteiger charge is -2.46. The third kappa shape index (κ3) is 5.31. The first-order valence-corrected chi connectivity index (χ1v) is 13.8. The highest BCUT2D eigenvalue weighted by atomic mass is 32.2. The number of likely N-dealkylation sites (N-methyl/N-ethyl adjacent to an activating group) is 1. The highest BCUT2D eigenvalue weighted by molar-refractivity contribution is 7.90. The van der Waals surface area contributed by atoms with Gasteiger partial charge in [-0.2, -0.15) is 0 Å². The predicted octanol–water partition coefficient (Wildman–Crippen LogP) is -1.54. The highest BCUT2D eigenvalue weighted by Gasteiger charge is 2.47. The van der Waals surface area contributed by atoms with E-state index in [1.807, 2.05) is 12.1 Å². The number of sulfonamides is 1. The maximum atomic E-state index is 13.4. The van der Waals surface area contributed by atoms with Crippen LogP contribution in [0.25, 0.3) is 0 Å². The van der Waals surface area contributed by atoms with Crippen molar-refractivity contribution in [3.63, 3.8) is 0 Å². The van der Waals surface area contributed by atoms with Crippen molar-refractivity contribution in [2.75, 3.05) is 53.4 Å². The monoisotopic (exact) mass is 473 g/mol. The number of nitrogens with two attached hydrogens (primary N) is 1. The minimum Gasteiger partial charge on any atom is -0.380 e. The summed E-state index contributed by atoms with van der Waals surface area (Å²) in [5.74, 6) is 1.21. The molecule has 7 atom stereocenters. The molecule has 3 aliphatic heterocycles. The molecule has 0 bridgehead atoms. The number of hydrogen-bond donors (Lipinski definition) is 5. The second kappa shape index (κ2) is 10.5. The van der Waals surface area contributed by atoms with Gasteiger partial charge in [0.2, 0.25) is 10.0 Å². The molecule has 0 aromatic carbocycles. The van der Waals surface area contributed by atoms with Crippen LogP contribution in [-0.4, -0.2) is 107 Å². The van der Waals surface area contributed by atoms with Crippen molar-refractivity contribution < 1.29 is 13.2 Å². The Bertz CT molecular complexity index is 720.